The predicted molar refractivity (Wildman–Crippen MR) is 83.8 cm³/mol. The minimum Gasteiger partial charge on any atom is -0.489 e. The lowest BCUT2D eigenvalue weighted by molar-refractivity contribution is 0.209. The normalized spacial score (nSPS) is 14.9. The van der Waals surface area contributed by atoms with Gasteiger partial charge in [0, 0.05) is 5.56 Å². The van der Waals surface area contributed by atoms with Crippen molar-refractivity contribution in [1.82, 2.24) is 4.98 Å². The van der Waals surface area contributed by atoms with Crippen LogP contribution >= 0.6 is 11.6 Å². The van der Waals surface area contributed by atoms with E-state index in [1.54, 1.807) is 18.3 Å². The first kappa shape index (κ1) is 13.9. The second-order valence-corrected chi connectivity index (χ2v) is 5.55. The zero-order chi connectivity index (χ0) is 14.7. The molecule has 1 aromatic heterocycles. The molecule has 21 heavy (non-hydrogen) atoms. The third-order valence-electron chi connectivity index (χ3n) is 3.73. The van der Waals surface area contributed by atoms with Gasteiger partial charge in [0.15, 0.2) is 5.69 Å². The van der Waals surface area contributed by atoms with Crippen molar-refractivity contribution in [3.8, 4) is 16.9 Å². The zero-order valence-corrected chi connectivity index (χ0v) is 12.3. The topological polar surface area (TPSA) is 26.5 Å². The Kier molecular flexibility index (Phi) is 4.08. The molecule has 4 heteroatoms. The average Bonchev–Trinajstić information content (AvgIpc) is 3.02. The molecule has 0 atom stereocenters. The van der Waals surface area contributed by atoms with Crippen LogP contribution in [0.15, 0.2) is 36.5 Å². The molecule has 1 aliphatic rings. The minimum atomic E-state index is 0.297. The van der Waals surface area contributed by atoms with E-state index in [1.165, 1.54) is 12.8 Å². The van der Waals surface area contributed by atoms with E-state index < -0.39 is 0 Å². The number of nitrogens with zero attached hydrogens (tertiary/aromatic N) is 2. The minimum absolute atomic E-state index is 0.297. The number of benzene rings is 1. The van der Waals surface area contributed by atoms with E-state index >= 15 is 0 Å². The van der Waals surface area contributed by atoms with Crippen molar-refractivity contribution >= 4 is 17.3 Å². The quantitative estimate of drug-likeness (QED) is 0.569. The summed E-state index contributed by atoms with van der Waals surface area (Å²) in [6.07, 6.45) is 6.66. The predicted octanol–water partition coefficient (Wildman–Crippen LogP) is 5.27. The van der Waals surface area contributed by atoms with E-state index in [2.05, 4.69) is 9.83 Å². The molecular formula is C17H15ClN2O. The first-order valence-electron chi connectivity index (χ1n) is 7.06. The molecule has 0 unspecified atom stereocenters. The Bertz CT molecular complexity index is 670. The van der Waals surface area contributed by atoms with Crippen molar-refractivity contribution in [2.24, 2.45) is 0 Å². The van der Waals surface area contributed by atoms with Gasteiger partial charge in [-0.3, -0.25) is 0 Å². The Morgan fingerprint density at radius 1 is 1.19 bits per heavy atom. The van der Waals surface area contributed by atoms with Gasteiger partial charge in [-0.2, -0.15) is 0 Å². The van der Waals surface area contributed by atoms with Gasteiger partial charge < -0.3 is 4.74 Å². The molecule has 1 fully saturated rings. The molecule has 1 saturated carbocycles. The largest absolute Gasteiger partial charge is 0.489 e. The lowest BCUT2D eigenvalue weighted by Crippen LogP contribution is -2.11. The summed E-state index contributed by atoms with van der Waals surface area (Å²) in [5, 5.41) is 0.448. The van der Waals surface area contributed by atoms with Crippen LogP contribution in [0.1, 0.15) is 25.7 Å². The Morgan fingerprint density at radius 2 is 1.90 bits per heavy atom. The van der Waals surface area contributed by atoms with Crippen LogP contribution in [-0.4, -0.2) is 11.1 Å². The van der Waals surface area contributed by atoms with Crippen molar-refractivity contribution in [3.05, 3.63) is 53.1 Å². The first-order valence-corrected chi connectivity index (χ1v) is 7.44. The summed E-state index contributed by atoms with van der Waals surface area (Å²) in [7, 11) is 0. The van der Waals surface area contributed by atoms with Crippen LogP contribution in [0.3, 0.4) is 0 Å². The molecule has 3 rings (SSSR count). The molecular weight excluding hydrogens is 284 g/mol. The zero-order valence-electron chi connectivity index (χ0n) is 11.6. The van der Waals surface area contributed by atoms with Crippen molar-refractivity contribution in [2.45, 2.75) is 31.8 Å². The van der Waals surface area contributed by atoms with Gasteiger partial charge in [0.2, 0.25) is 0 Å². The SMILES string of the molecule is [C-]#[N+]c1ccc(-c2cc(OC3CCCC3)cnc2Cl)cc1. The highest BCUT2D eigenvalue weighted by atomic mass is 35.5. The molecule has 0 saturated heterocycles. The van der Waals surface area contributed by atoms with Gasteiger partial charge in [-0.1, -0.05) is 35.9 Å². The molecule has 0 bridgehead atoms. The summed E-state index contributed by atoms with van der Waals surface area (Å²) in [6.45, 7) is 6.99. The van der Waals surface area contributed by atoms with Crippen molar-refractivity contribution < 1.29 is 4.74 Å². The number of rotatable bonds is 3. The van der Waals surface area contributed by atoms with Gasteiger partial charge >= 0.3 is 0 Å². The standard InChI is InChI=1S/C17H15ClN2O/c1-19-13-8-6-12(7-9-13)16-10-15(11-20-17(16)18)21-14-4-2-3-5-14/h6-11,14H,2-5H2. The van der Waals surface area contributed by atoms with Crippen LogP contribution < -0.4 is 4.74 Å². The van der Waals surface area contributed by atoms with Gasteiger partial charge in [0.05, 0.1) is 18.9 Å². The Morgan fingerprint density at radius 3 is 2.57 bits per heavy atom. The number of ether oxygens (including phenoxy) is 1. The highest BCUT2D eigenvalue weighted by molar-refractivity contribution is 6.32. The fourth-order valence-electron chi connectivity index (χ4n) is 2.61. The Labute approximate surface area is 129 Å². The third kappa shape index (κ3) is 3.17. The van der Waals surface area contributed by atoms with Crippen LogP contribution in [0.4, 0.5) is 5.69 Å². The average molecular weight is 299 g/mol. The number of hydrogen-bond donors (Lipinski definition) is 0. The van der Waals surface area contributed by atoms with Gasteiger partial charge in [0.1, 0.15) is 10.9 Å². The smallest absolute Gasteiger partial charge is 0.187 e. The summed E-state index contributed by atoms with van der Waals surface area (Å²) in [5.74, 6) is 0.760. The van der Waals surface area contributed by atoms with E-state index in [4.69, 9.17) is 22.9 Å². The molecule has 2 aromatic rings. The van der Waals surface area contributed by atoms with Crippen LogP contribution in [0, 0.1) is 6.57 Å². The van der Waals surface area contributed by atoms with E-state index in [1.807, 2.05) is 18.2 Å². The molecule has 3 nitrogen and oxygen atoms in total. The lowest BCUT2D eigenvalue weighted by Gasteiger charge is -2.14. The van der Waals surface area contributed by atoms with Gasteiger partial charge in [-0.15, -0.1) is 0 Å². The molecule has 1 aromatic carbocycles. The summed E-state index contributed by atoms with van der Waals surface area (Å²) in [5.41, 5.74) is 2.39. The van der Waals surface area contributed by atoms with Crippen LogP contribution in [0.5, 0.6) is 5.75 Å². The fraction of sp³-hybridized carbons (Fsp3) is 0.294. The van der Waals surface area contributed by atoms with E-state index in [9.17, 15) is 0 Å². The number of pyridine rings is 1. The molecule has 0 N–H and O–H groups in total. The second-order valence-electron chi connectivity index (χ2n) is 5.19. The van der Waals surface area contributed by atoms with E-state index in [0.29, 0.717) is 16.9 Å². The number of aromatic nitrogens is 1. The highest BCUT2D eigenvalue weighted by Gasteiger charge is 2.17. The Balaban J connectivity index is 1.87. The van der Waals surface area contributed by atoms with Crippen LogP contribution in [-0.2, 0) is 0 Å². The van der Waals surface area contributed by atoms with Gasteiger partial charge in [-0.25, -0.2) is 9.83 Å². The van der Waals surface area contributed by atoms with Crippen molar-refractivity contribution in [2.75, 3.05) is 0 Å². The van der Waals surface area contributed by atoms with E-state index in [-0.39, 0.29) is 0 Å². The monoisotopic (exact) mass is 298 g/mol. The molecule has 0 radical (unpaired) electrons. The van der Waals surface area contributed by atoms with Crippen LogP contribution in [0.2, 0.25) is 5.15 Å². The maximum absolute atomic E-state index is 6.99. The summed E-state index contributed by atoms with van der Waals surface area (Å²) in [4.78, 5) is 7.61. The molecule has 0 spiro atoms. The molecule has 1 heterocycles. The first-order chi connectivity index (χ1) is 10.3. The highest BCUT2D eigenvalue weighted by Crippen LogP contribution is 2.32. The summed E-state index contributed by atoms with van der Waals surface area (Å²) < 4.78 is 5.97. The van der Waals surface area contributed by atoms with Crippen LogP contribution in [0.25, 0.3) is 16.0 Å². The Hall–Kier alpha value is -2.05. The summed E-state index contributed by atoms with van der Waals surface area (Å²) in [6, 6.07) is 9.26. The molecule has 106 valence electrons. The number of hydrogen-bond acceptors (Lipinski definition) is 2. The van der Waals surface area contributed by atoms with Crippen molar-refractivity contribution in [1.29, 1.82) is 0 Å². The second kappa shape index (κ2) is 6.15. The summed E-state index contributed by atoms with van der Waals surface area (Å²) >= 11 is 6.19. The van der Waals surface area contributed by atoms with Gasteiger partial charge in [-0.05, 0) is 37.3 Å². The van der Waals surface area contributed by atoms with Crippen molar-refractivity contribution in [3.63, 3.8) is 0 Å². The maximum atomic E-state index is 6.99. The number of halogens is 1. The van der Waals surface area contributed by atoms with E-state index in [0.717, 1.165) is 29.7 Å². The maximum Gasteiger partial charge on any atom is 0.187 e. The van der Waals surface area contributed by atoms with Gasteiger partial charge in [0.25, 0.3) is 0 Å². The lowest BCUT2D eigenvalue weighted by atomic mass is 10.1. The molecule has 0 aliphatic heterocycles. The fourth-order valence-corrected chi connectivity index (χ4v) is 2.82. The molecule has 0 amide bonds. The molecule has 1 aliphatic carbocycles. The third-order valence-corrected chi connectivity index (χ3v) is 4.03.